The molecule has 1 aliphatic carbocycles. The molecule has 94 valence electrons. The Bertz CT molecular complexity index is 625. The Balaban J connectivity index is 2.15. The molecule has 4 heteroatoms. The van der Waals surface area contributed by atoms with E-state index in [-0.39, 0.29) is 0 Å². The molecule has 0 bridgehead atoms. The van der Waals surface area contributed by atoms with Gasteiger partial charge in [-0.25, -0.2) is 0 Å². The van der Waals surface area contributed by atoms with E-state index in [1.54, 1.807) is 0 Å². The number of para-hydroxylation sites is 1. The van der Waals surface area contributed by atoms with Crippen LogP contribution in [0.3, 0.4) is 0 Å². The average Bonchev–Trinajstić information content (AvgIpc) is 3.07. The van der Waals surface area contributed by atoms with Gasteiger partial charge in [-0.1, -0.05) is 18.2 Å². The Morgan fingerprint density at radius 3 is 2.67 bits per heavy atom. The molecule has 2 aromatic rings. The largest absolute Gasteiger partial charge is 0.481 e. The normalized spacial score (nSPS) is 18.8. The SMILES string of the molecule is Cc1[nH]c2ccccc2c1C(O)C1(C(=O)O)CC1. The lowest BCUT2D eigenvalue weighted by atomic mass is 9.91. The van der Waals surface area contributed by atoms with E-state index in [9.17, 15) is 15.0 Å². The van der Waals surface area contributed by atoms with Gasteiger partial charge in [0.15, 0.2) is 0 Å². The molecule has 1 saturated carbocycles. The third-order valence-electron chi connectivity index (χ3n) is 3.95. The maximum Gasteiger partial charge on any atom is 0.312 e. The van der Waals surface area contributed by atoms with Crippen LogP contribution in [0.4, 0.5) is 0 Å². The van der Waals surface area contributed by atoms with Crippen LogP contribution in [-0.4, -0.2) is 21.2 Å². The van der Waals surface area contributed by atoms with Gasteiger partial charge in [-0.2, -0.15) is 0 Å². The van der Waals surface area contributed by atoms with Gasteiger partial charge in [0.05, 0.1) is 11.5 Å². The molecule has 0 aliphatic heterocycles. The van der Waals surface area contributed by atoms with Crippen LogP contribution in [0.2, 0.25) is 0 Å². The van der Waals surface area contributed by atoms with Crippen LogP contribution in [0.15, 0.2) is 24.3 Å². The summed E-state index contributed by atoms with van der Waals surface area (Å²) in [5.41, 5.74) is 1.53. The van der Waals surface area contributed by atoms with Gasteiger partial charge >= 0.3 is 5.97 Å². The summed E-state index contributed by atoms with van der Waals surface area (Å²) in [6.45, 7) is 1.87. The summed E-state index contributed by atoms with van der Waals surface area (Å²) < 4.78 is 0. The zero-order valence-corrected chi connectivity index (χ0v) is 10.1. The standard InChI is InChI=1S/C14H15NO3/c1-8-11(9-4-2-3-5-10(9)15-8)12(16)14(6-7-14)13(17)18/h2-5,12,15-16H,6-7H2,1H3,(H,17,18). The van der Waals surface area contributed by atoms with Crippen molar-refractivity contribution < 1.29 is 15.0 Å². The Morgan fingerprint density at radius 1 is 1.39 bits per heavy atom. The van der Waals surface area contributed by atoms with Crippen molar-refractivity contribution >= 4 is 16.9 Å². The molecule has 0 saturated heterocycles. The quantitative estimate of drug-likeness (QED) is 0.777. The topological polar surface area (TPSA) is 73.3 Å². The Kier molecular flexibility index (Phi) is 2.25. The summed E-state index contributed by atoms with van der Waals surface area (Å²) in [5, 5.41) is 20.6. The number of H-pyrrole nitrogens is 1. The maximum atomic E-state index is 11.3. The van der Waals surface area contributed by atoms with E-state index in [1.807, 2.05) is 31.2 Å². The number of carbonyl (C=O) groups is 1. The number of nitrogens with one attached hydrogen (secondary N) is 1. The van der Waals surface area contributed by atoms with E-state index in [0.29, 0.717) is 12.8 Å². The number of aliphatic hydroxyl groups is 1. The molecule has 1 aromatic heterocycles. The second-order valence-corrected chi connectivity index (χ2v) is 5.07. The van der Waals surface area contributed by atoms with Crippen LogP contribution in [0, 0.1) is 12.3 Å². The number of carboxylic acids is 1. The van der Waals surface area contributed by atoms with Gasteiger partial charge in [-0.05, 0) is 25.8 Å². The van der Waals surface area contributed by atoms with E-state index in [0.717, 1.165) is 22.2 Å². The smallest absolute Gasteiger partial charge is 0.312 e. The van der Waals surface area contributed by atoms with E-state index in [1.165, 1.54) is 0 Å². The van der Waals surface area contributed by atoms with Gasteiger partial charge in [0.1, 0.15) is 0 Å². The van der Waals surface area contributed by atoms with E-state index >= 15 is 0 Å². The summed E-state index contributed by atoms with van der Waals surface area (Å²) in [6.07, 6.45) is 0.149. The third kappa shape index (κ3) is 1.39. The first-order chi connectivity index (χ1) is 8.56. The number of fused-ring (bicyclic) bond motifs is 1. The number of hydrogen-bond acceptors (Lipinski definition) is 2. The summed E-state index contributed by atoms with van der Waals surface area (Å²) in [7, 11) is 0. The second-order valence-electron chi connectivity index (χ2n) is 5.07. The molecule has 1 atom stereocenters. The number of benzene rings is 1. The van der Waals surface area contributed by atoms with E-state index in [2.05, 4.69) is 4.98 Å². The molecule has 1 aliphatic rings. The number of aryl methyl sites for hydroxylation is 1. The molecule has 4 nitrogen and oxygen atoms in total. The number of aromatic amines is 1. The Morgan fingerprint density at radius 2 is 2.06 bits per heavy atom. The first-order valence-corrected chi connectivity index (χ1v) is 6.05. The van der Waals surface area contributed by atoms with Gasteiger partial charge in [0, 0.05) is 22.2 Å². The number of rotatable bonds is 3. The van der Waals surface area contributed by atoms with Crippen LogP contribution < -0.4 is 0 Å². The van der Waals surface area contributed by atoms with Crippen molar-refractivity contribution in [1.29, 1.82) is 0 Å². The fraction of sp³-hybridized carbons (Fsp3) is 0.357. The lowest BCUT2D eigenvalue weighted by Gasteiger charge is -2.18. The molecule has 3 N–H and O–H groups in total. The fourth-order valence-electron chi connectivity index (χ4n) is 2.67. The van der Waals surface area contributed by atoms with Crippen molar-refractivity contribution in [2.75, 3.05) is 0 Å². The molecule has 0 amide bonds. The minimum Gasteiger partial charge on any atom is -0.481 e. The van der Waals surface area contributed by atoms with Gasteiger partial charge in [0.25, 0.3) is 0 Å². The third-order valence-corrected chi connectivity index (χ3v) is 3.95. The highest BCUT2D eigenvalue weighted by Crippen LogP contribution is 2.56. The summed E-state index contributed by atoms with van der Waals surface area (Å²) in [4.78, 5) is 14.5. The van der Waals surface area contributed by atoms with Crippen LogP contribution in [0.5, 0.6) is 0 Å². The number of aliphatic hydroxyl groups excluding tert-OH is 1. The lowest BCUT2D eigenvalue weighted by molar-refractivity contribution is -0.148. The monoisotopic (exact) mass is 245 g/mol. The zero-order valence-electron chi connectivity index (χ0n) is 10.1. The van der Waals surface area contributed by atoms with Gasteiger partial charge in [0.2, 0.25) is 0 Å². The number of hydrogen-bond donors (Lipinski definition) is 3. The van der Waals surface area contributed by atoms with Crippen LogP contribution in [0.1, 0.15) is 30.2 Å². The summed E-state index contributed by atoms with van der Waals surface area (Å²) in [6, 6.07) is 7.65. The number of aromatic nitrogens is 1. The first kappa shape index (κ1) is 11.3. The average molecular weight is 245 g/mol. The lowest BCUT2D eigenvalue weighted by Crippen LogP contribution is -2.23. The molecule has 3 rings (SSSR count). The molecule has 1 aromatic carbocycles. The molecular weight excluding hydrogens is 230 g/mol. The van der Waals surface area contributed by atoms with Crippen molar-refractivity contribution in [2.24, 2.45) is 5.41 Å². The van der Waals surface area contributed by atoms with Gasteiger partial charge in [-0.3, -0.25) is 4.79 Å². The Hall–Kier alpha value is -1.81. The molecule has 0 radical (unpaired) electrons. The molecule has 0 spiro atoms. The van der Waals surface area contributed by atoms with Gasteiger partial charge in [-0.15, -0.1) is 0 Å². The molecule has 1 unspecified atom stereocenters. The molecule has 1 heterocycles. The molecule has 1 fully saturated rings. The number of aliphatic carboxylic acids is 1. The number of carboxylic acid groups (broad SMARTS) is 1. The van der Waals surface area contributed by atoms with Crippen molar-refractivity contribution in [2.45, 2.75) is 25.9 Å². The van der Waals surface area contributed by atoms with E-state index < -0.39 is 17.5 Å². The van der Waals surface area contributed by atoms with Crippen molar-refractivity contribution in [1.82, 2.24) is 4.98 Å². The highest BCUT2D eigenvalue weighted by atomic mass is 16.4. The highest BCUT2D eigenvalue weighted by molar-refractivity contribution is 5.87. The van der Waals surface area contributed by atoms with Crippen LogP contribution in [-0.2, 0) is 4.79 Å². The first-order valence-electron chi connectivity index (χ1n) is 6.05. The van der Waals surface area contributed by atoms with Crippen LogP contribution in [0.25, 0.3) is 10.9 Å². The van der Waals surface area contributed by atoms with Crippen molar-refractivity contribution in [3.63, 3.8) is 0 Å². The van der Waals surface area contributed by atoms with Crippen molar-refractivity contribution in [3.8, 4) is 0 Å². The summed E-state index contributed by atoms with van der Waals surface area (Å²) in [5.74, 6) is -0.903. The Labute approximate surface area is 104 Å². The maximum absolute atomic E-state index is 11.3. The predicted molar refractivity (Wildman–Crippen MR) is 67.3 cm³/mol. The second kappa shape index (κ2) is 3.59. The minimum absolute atomic E-state index is 0.544. The van der Waals surface area contributed by atoms with Crippen LogP contribution >= 0.6 is 0 Å². The summed E-state index contributed by atoms with van der Waals surface area (Å²) >= 11 is 0. The molecule has 18 heavy (non-hydrogen) atoms. The predicted octanol–water partition coefficient (Wildman–Crippen LogP) is 2.37. The fourth-order valence-corrected chi connectivity index (χ4v) is 2.67. The minimum atomic E-state index is -0.976. The zero-order chi connectivity index (χ0) is 12.9. The molecular formula is C14H15NO3. The van der Waals surface area contributed by atoms with Crippen molar-refractivity contribution in [3.05, 3.63) is 35.5 Å². The van der Waals surface area contributed by atoms with Gasteiger partial charge < -0.3 is 15.2 Å². The van der Waals surface area contributed by atoms with E-state index in [4.69, 9.17) is 0 Å². The highest BCUT2D eigenvalue weighted by Gasteiger charge is 2.57.